The molecule has 0 radical (unpaired) electrons. The molecule has 2 unspecified atom stereocenters. The summed E-state index contributed by atoms with van der Waals surface area (Å²) in [5.41, 5.74) is 1.46. The average molecular weight is 297 g/mol. The molecule has 2 atom stereocenters. The zero-order valence-corrected chi connectivity index (χ0v) is 13.6. The van der Waals surface area contributed by atoms with Crippen molar-refractivity contribution >= 4 is 23.2 Å². The molecular weight excluding hydrogens is 272 g/mol. The van der Waals surface area contributed by atoms with Crippen LogP contribution in [0, 0.1) is 5.92 Å². The Hall–Kier alpha value is -1.22. The Balaban J connectivity index is 2.83. The lowest BCUT2D eigenvalue weighted by Gasteiger charge is -2.22. The van der Waals surface area contributed by atoms with Crippen LogP contribution in [0.4, 0.5) is 5.69 Å². The minimum atomic E-state index is -0.159. The molecule has 0 saturated heterocycles. The Labute approximate surface area is 127 Å². The monoisotopic (exact) mass is 296 g/mol. The van der Waals surface area contributed by atoms with Crippen LogP contribution in [-0.4, -0.2) is 19.0 Å². The van der Waals surface area contributed by atoms with Gasteiger partial charge in [0.15, 0.2) is 0 Å². The summed E-state index contributed by atoms with van der Waals surface area (Å²) in [7, 11) is 1.61. The van der Waals surface area contributed by atoms with Gasteiger partial charge in [-0.05, 0) is 37.0 Å². The minimum Gasteiger partial charge on any atom is -0.382 e. The normalized spacial score (nSPS) is 13.7. The first-order chi connectivity index (χ1) is 9.51. The molecule has 2 N–H and O–H groups in total. The molecule has 1 aromatic carbocycles. The van der Waals surface area contributed by atoms with E-state index < -0.39 is 0 Å². The van der Waals surface area contributed by atoms with Crippen molar-refractivity contribution in [3.05, 3.63) is 28.8 Å². The van der Waals surface area contributed by atoms with Crippen LogP contribution in [0.15, 0.2) is 18.2 Å². The number of carbonyl (C=O) groups is 1. The van der Waals surface area contributed by atoms with Crippen LogP contribution in [0.3, 0.4) is 0 Å². The van der Waals surface area contributed by atoms with Crippen LogP contribution in [0.1, 0.15) is 50.4 Å². The van der Waals surface area contributed by atoms with Gasteiger partial charge in [0.05, 0.1) is 10.6 Å². The Bertz CT molecular complexity index is 448. The van der Waals surface area contributed by atoms with Crippen molar-refractivity contribution in [2.24, 2.45) is 5.92 Å². The molecule has 0 spiro atoms. The van der Waals surface area contributed by atoms with Crippen molar-refractivity contribution in [3.63, 3.8) is 0 Å². The van der Waals surface area contributed by atoms with Crippen LogP contribution in [0.5, 0.6) is 0 Å². The summed E-state index contributed by atoms with van der Waals surface area (Å²) in [5, 5.41) is 6.59. The van der Waals surface area contributed by atoms with Gasteiger partial charge >= 0.3 is 0 Å². The highest BCUT2D eigenvalue weighted by Gasteiger charge is 2.13. The van der Waals surface area contributed by atoms with Gasteiger partial charge in [0, 0.05) is 18.8 Å². The van der Waals surface area contributed by atoms with Crippen molar-refractivity contribution < 1.29 is 4.79 Å². The molecule has 0 heterocycles. The fourth-order valence-electron chi connectivity index (χ4n) is 2.14. The predicted molar refractivity (Wildman–Crippen MR) is 86.6 cm³/mol. The van der Waals surface area contributed by atoms with E-state index in [-0.39, 0.29) is 5.91 Å². The number of anilines is 1. The zero-order chi connectivity index (χ0) is 15.1. The topological polar surface area (TPSA) is 41.1 Å². The number of benzene rings is 1. The highest BCUT2D eigenvalue weighted by atomic mass is 35.5. The van der Waals surface area contributed by atoms with E-state index in [1.54, 1.807) is 13.1 Å². The SMILES string of the molecule is CCC(C)CC(CC)Nc1ccc(Cl)c(C(=O)NC)c1. The standard InChI is InChI=1S/C16H25ClN2O/c1-5-11(3)9-12(6-2)19-13-7-8-15(17)14(10-13)16(20)18-4/h7-8,10-12,19H,5-6,9H2,1-4H3,(H,18,20). The molecule has 1 rings (SSSR count). The molecule has 0 aromatic heterocycles. The molecule has 112 valence electrons. The molecule has 0 aliphatic rings. The fraction of sp³-hybridized carbons (Fsp3) is 0.562. The maximum atomic E-state index is 11.7. The Morgan fingerprint density at radius 2 is 2.00 bits per heavy atom. The van der Waals surface area contributed by atoms with E-state index in [9.17, 15) is 4.79 Å². The third kappa shape index (κ3) is 4.71. The van der Waals surface area contributed by atoms with Crippen LogP contribution in [0.2, 0.25) is 5.02 Å². The number of carbonyl (C=O) groups excluding carboxylic acids is 1. The first-order valence-corrected chi connectivity index (χ1v) is 7.67. The maximum Gasteiger partial charge on any atom is 0.252 e. The molecule has 0 saturated carbocycles. The average Bonchev–Trinajstić information content (AvgIpc) is 2.47. The van der Waals surface area contributed by atoms with Gasteiger partial charge in [-0.25, -0.2) is 0 Å². The van der Waals surface area contributed by atoms with Crippen molar-refractivity contribution in [1.29, 1.82) is 0 Å². The van der Waals surface area contributed by atoms with Crippen molar-refractivity contribution in [2.45, 2.75) is 46.1 Å². The van der Waals surface area contributed by atoms with Crippen LogP contribution in [0.25, 0.3) is 0 Å². The summed E-state index contributed by atoms with van der Waals surface area (Å²) in [5.74, 6) is 0.534. The Kier molecular flexibility index (Phi) is 6.86. The van der Waals surface area contributed by atoms with Gasteiger partial charge in [0.2, 0.25) is 0 Å². The van der Waals surface area contributed by atoms with E-state index in [4.69, 9.17) is 11.6 Å². The van der Waals surface area contributed by atoms with Crippen molar-refractivity contribution in [3.8, 4) is 0 Å². The molecule has 3 nitrogen and oxygen atoms in total. The van der Waals surface area contributed by atoms with Gasteiger partial charge in [-0.1, -0.05) is 38.8 Å². The predicted octanol–water partition coefficient (Wildman–Crippen LogP) is 4.33. The summed E-state index contributed by atoms with van der Waals surface area (Å²) < 4.78 is 0. The van der Waals surface area contributed by atoms with Crippen molar-refractivity contribution in [2.75, 3.05) is 12.4 Å². The van der Waals surface area contributed by atoms with Gasteiger partial charge in [-0.3, -0.25) is 4.79 Å². The number of amides is 1. The van der Waals surface area contributed by atoms with Gasteiger partial charge in [-0.2, -0.15) is 0 Å². The summed E-state index contributed by atoms with van der Waals surface area (Å²) in [6.45, 7) is 6.65. The number of hydrogen-bond acceptors (Lipinski definition) is 2. The van der Waals surface area contributed by atoms with E-state index in [0.717, 1.165) is 18.5 Å². The number of hydrogen-bond donors (Lipinski definition) is 2. The number of rotatable bonds is 7. The van der Waals surface area contributed by atoms with Gasteiger partial charge in [0.1, 0.15) is 0 Å². The van der Waals surface area contributed by atoms with Crippen LogP contribution < -0.4 is 10.6 Å². The second-order valence-corrected chi connectivity index (χ2v) is 5.68. The molecule has 1 amide bonds. The second kappa shape index (κ2) is 8.15. The molecule has 4 heteroatoms. The quantitative estimate of drug-likeness (QED) is 0.786. The second-order valence-electron chi connectivity index (χ2n) is 5.27. The van der Waals surface area contributed by atoms with Gasteiger partial charge < -0.3 is 10.6 Å². The lowest BCUT2D eigenvalue weighted by atomic mass is 9.97. The summed E-state index contributed by atoms with van der Waals surface area (Å²) in [6.07, 6.45) is 3.37. The third-order valence-corrected chi connectivity index (χ3v) is 4.02. The molecule has 1 aromatic rings. The number of nitrogens with one attached hydrogen (secondary N) is 2. The lowest BCUT2D eigenvalue weighted by Crippen LogP contribution is -2.22. The smallest absolute Gasteiger partial charge is 0.252 e. The molecule has 20 heavy (non-hydrogen) atoms. The molecule has 0 aliphatic heterocycles. The third-order valence-electron chi connectivity index (χ3n) is 3.69. The summed E-state index contributed by atoms with van der Waals surface area (Å²) in [6, 6.07) is 5.93. The first kappa shape index (κ1) is 16.8. The summed E-state index contributed by atoms with van der Waals surface area (Å²) in [4.78, 5) is 11.7. The van der Waals surface area contributed by atoms with E-state index in [1.807, 2.05) is 12.1 Å². The fourth-order valence-corrected chi connectivity index (χ4v) is 2.34. The van der Waals surface area contributed by atoms with Gasteiger partial charge in [0.25, 0.3) is 5.91 Å². The van der Waals surface area contributed by atoms with Crippen LogP contribution in [-0.2, 0) is 0 Å². The van der Waals surface area contributed by atoms with E-state index in [1.165, 1.54) is 6.42 Å². The highest BCUT2D eigenvalue weighted by Crippen LogP contribution is 2.23. The summed E-state index contributed by atoms with van der Waals surface area (Å²) >= 11 is 6.06. The molecule has 0 fully saturated rings. The lowest BCUT2D eigenvalue weighted by molar-refractivity contribution is 0.0963. The zero-order valence-electron chi connectivity index (χ0n) is 12.8. The highest BCUT2D eigenvalue weighted by molar-refractivity contribution is 6.34. The first-order valence-electron chi connectivity index (χ1n) is 7.29. The van der Waals surface area contributed by atoms with Gasteiger partial charge in [-0.15, -0.1) is 0 Å². The van der Waals surface area contributed by atoms with Crippen molar-refractivity contribution in [1.82, 2.24) is 5.32 Å². The Morgan fingerprint density at radius 1 is 1.30 bits per heavy atom. The number of halogens is 1. The Morgan fingerprint density at radius 3 is 2.55 bits per heavy atom. The van der Waals surface area contributed by atoms with E-state index >= 15 is 0 Å². The maximum absolute atomic E-state index is 11.7. The minimum absolute atomic E-state index is 0.159. The van der Waals surface area contributed by atoms with E-state index in [0.29, 0.717) is 22.5 Å². The largest absolute Gasteiger partial charge is 0.382 e. The molecular formula is C16H25ClN2O. The molecule has 0 bridgehead atoms. The van der Waals surface area contributed by atoms with Crippen LogP contribution >= 0.6 is 11.6 Å². The van der Waals surface area contributed by atoms with E-state index in [2.05, 4.69) is 31.4 Å². The molecule has 0 aliphatic carbocycles.